The minimum absolute atomic E-state index is 0.0472. The molecule has 1 amide bonds. The average Bonchev–Trinajstić information content (AvgIpc) is 2.78. The van der Waals surface area contributed by atoms with Crippen molar-refractivity contribution in [1.29, 1.82) is 0 Å². The molecule has 4 rings (SSSR count). The van der Waals surface area contributed by atoms with Crippen molar-refractivity contribution in [3.63, 3.8) is 0 Å². The summed E-state index contributed by atoms with van der Waals surface area (Å²) in [7, 11) is -3.85. The molecule has 0 aliphatic carbocycles. The first kappa shape index (κ1) is 21.2. The lowest BCUT2D eigenvalue weighted by Crippen LogP contribution is -2.13. The number of sulfonamides is 1. The SMILES string of the molecule is Nc1nccc2ccc(C=CC(=O)Nc3ccc(-c4ccccc4S(N)(=O)=O)cc3)cc12. The zero-order chi connectivity index (χ0) is 22.7. The van der Waals surface area contributed by atoms with E-state index < -0.39 is 10.0 Å². The zero-order valence-electron chi connectivity index (χ0n) is 16.9. The number of pyridine rings is 1. The quantitative estimate of drug-likeness (QED) is 0.404. The summed E-state index contributed by atoms with van der Waals surface area (Å²) in [6, 6.07) is 20.9. The van der Waals surface area contributed by atoms with Crippen molar-refractivity contribution in [1.82, 2.24) is 4.98 Å². The number of amides is 1. The van der Waals surface area contributed by atoms with Gasteiger partial charge in [-0.15, -0.1) is 0 Å². The minimum atomic E-state index is -3.85. The molecular formula is C24H20N4O3S. The Labute approximate surface area is 185 Å². The summed E-state index contributed by atoms with van der Waals surface area (Å²) in [6.45, 7) is 0. The second kappa shape index (κ2) is 8.62. The van der Waals surface area contributed by atoms with Crippen molar-refractivity contribution < 1.29 is 13.2 Å². The van der Waals surface area contributed by atoms with Gasteiger partial charge in [-0.25, -0.2) is 18.5 Å². The number of fused-ring (bicyclic) bond motifs is 1. The smallest absolute Gasteiger partial charge is 0.248 e. The highest BCUT2D eigenvalue weighted by Gasteiger charge is 2.14. The molecule has 0 saturated heterocycles. The van der Waals surface area contributed by atoms with Gasteiger partial charge in [0.15, 0.2) is 0 Å². The molecule has 3 aromatic carbocycles. The predicted octanol–water partition coefficient (Wildman–Crippen LogP) is 3.78. The Bertz CT molecular complexity index is 1450. The van der Waals surface area contributed by atoms with E-state index in [2.05, 4.69) is 10.3 Å². The van der Waals surface area contributed by atoms with Gasteiger partial charge in [0.25, 0.3) is 0 Å². The van der Waals surface area contributed by atoms with Crippen LogP contribution in [0, 0.1) is 0 Å². The van der Waals surface area contributed by atoms with Crippen molar-refractivity contribution in [2.45, 2.75) is 4.90 Å². The summed E-state index contributed by atoms with van der Waals surface area (Å²) >= 11 is 0. The van der Waals surface area contributed by atoms with Gasteiger partial charge in [-0.3, -0.25) is 4.79 Å². The van der Waals surface area contributed by atoms with Crippen molar-refractivity contribution >= 4 is 44.3 Å². The molecule has 4 aromatic rings. The topological polar surface area (TPSA) is 128 Å². The highest BCUT2D eigenvalue weighted by Crippen LogP contribution is 2.27. The van der Waals surface area contributed by atoms with Crippen LogP contribution < -0.4 is 16.2 Å². The molecule has 0 aliphatic rings. The molecule has 1 aromatic heterocycles. The van der Waals surface area contributed by atoms with Gasteiger partial charge in [0.2, 0.25) is 15.9 Å². The van der Waals surface area contributed by atoms with E-state index in [1.807, 2.05) is 24.3 Å². The Hall–Kier alpha value is -4.01. The number of carbonyl (C=O) groups excluding carboxylic acids is 1. The maximum atomic E-state index is 12.3. The third-order valence-electron chi connectivity index (χ3n) is 4.91. The van der Waals surface area contributed by atoms with Crippen LogP contribution in [0.25, 0.3) is 28.0 Å². The van der Waals surface area contributed by atoms with E-state index in [0.29, 0.717) is 22.6 Å². The number of hydrogen-bond acceptors (Lipinski definition) is 5. The van der Waals surface area contributed by atoms with Crippen LogP contribution in [0.3, 0.4) is 0 Å². The molecule has 160 valence electrons. The average molecular weight is 445 g/mol. The Kier molecular flexibility index (Phi) is 5.72. The fraction of sp³-hybridized carbons (Fsp3) is 0. The molecular weight excluding hydrogens is 424 g/mol. The molecule has 0 radical (unpaired) electrons. The van der Waals surface area contributed by atoms with E-state index in [1.165, 1.54) is 12.1 Å². The van der Waals surface area contributed by atoms with E-state index in [-0.39, 0.29) is 10.8 Å². The monoisotopic (exact) mass is 444 g/mol. The second-order valence-electron chi connectivity index (χ2n) is 7.12. The molecule has 5 N–H and O–H groups in total. The molecule has 7 nitrogen and oxygen atoms in total. The number of hydrogen-bond donors (Lipinski definition) is 3. The molecule has 32 heavy (non-hydrogen) atoms. The standard InChI is InChI=1S/C24H20N4O3S/c25-24-21-15-16(5-7-18(21)13-14-27-24)6-12-23(29)28-19-10-8-17(9-11-19)20-3-1-2-4-22(20)32(26,30)31/h1-15H,(H2,25,27)(H,28,29)(H2,26,30,31). The number of nitrogens with two attached hydrogens (primary N) is 2. The predicted molar refractivity (Wildman–Crippen MR) is 127 cm³/mol. The van der Waals surface area contributed by atoms with Crippen molar-refractivity contribution in [2.24, 2.45) is 5.14 Å². The molecule has 8 heteroatoms. The Morgan fingerprint density at radius 1 is 0.969 bits per heavy atom. The van der Waals surface area contributed by atoms with E-state index in [0.717, 1.165) is 16.3 Å². The van der Waals surface area contributed by atoms with Crippen LogP contribution in [0.2, 0.25) is 0 Å². The van der Waals surface area contributed by atoms with Crippen molar-refractivity contribution in [3.05, 3.63) is 90.6 Å². The normalized spacial score (nSPS) is 11.7. The maximum absolute atomic E-state index is 12.3. The number of benzene rings is 3. The summed E-state index contributed by atoms with van der Waals surface area (Å²) in [4.78, 5) is 16.5. The van der Waals surface area contributed by atoms with E-state index >= 15 is 0 Å². The molecule has 0 bridgehead atoms. The Balaban J connectivity index is 1.49. The van der Waals surface area contributed by atoms with Crippen molar-refractivity contribution in [3.8, 4) is 11.1 Å². The lowest BCUT2D eigenvalue weighted by atomic mass is 10.1. The molecule has 0 unspecified atom stereocenters. The van der Waals surface area contributed by atoms with Gasteiger partial charge in [0, 0.05) is 28.9 Å². The number of primary sulfonamides is 1. The fourth-order valence-corrected chi connectivity index (χ4v) is 4.11. The van der Waals surface area contributed by atoms with Gasteiger partial charge in [-0.2, -0.15) is 0 Å². The van der Waals surface area contributed by atoms with Gasteiger partial charge in [0.1, 0.15) is 5.82 Å². The van der Waals surface area contributed by atoms with Crippen LogP contribution in [0.1, 0.15) is 5.56 Å². The molecule has 0 atom stereocenters. The van der Waals surface area contributed by atoms with E-state index in [4.69, 9.17) is 10.9 Å². The summed E-state index contributed by atoms with van der Waals surface area (Å²) in [5, 5.41) is 9.89. The summed E-state index contributed by atoms with van der Waals surface area (Å²) in [6.07, 6.45) is 4.77. The van der Waals surface area contributed by atoms with Gasteiger partial charge < -0.3 is 11.1 Å². The first-order valence-corrected chi connectivity index (χ1v) is 11.2. The molecule has 0 spiro atoms. The number of nitrogen functional groups attached to an aromatic ring is 1. The van der Waals surface area contributed by atoms with Gasteiger partial charge in [-0.05, 0) is 52.9 Å². The number of aromatic nitrogens is 1. The number of anilines is 2. The van der Waals surface area contributed by atoms with Gasteiger partial charge in [0.05, 0.1) is 4.90 Å². The highest BCUT2D eigenvalue weighted by atomic mass is 32.2. The summed E-state index contributed by atoms with van der Waals surface area (Å²) < 4.78 is 23.6. The van der Waals surface area contributed by atoms with Crippen LogP contribution >= 0.6 is 0 Å². The van der Waals surface area contributed by atoms with Crippen LogP contribution in [0.4, 0.5) is 11.5 Å². The molecule has 0 fully saturated rings. The lowest BCUT2D eigenvalue weighted by Gasteiger charge is -2.09. The maximum Gasteiger partial charge on any atom is 0.248 e. The first-order valence-electron chi connectivity index (χ1n) is 9.67. The van der Waals surface area contributed by atoms with E-state index in [1.54, 1.807) is 54.7 Å². The minimum Gasteiger partial charge on any atom is -0.383 e. The molecule has 0 saturated carbocycles. The third kappa shape index (κ3) is 4.66. The number of nitrogens with one attached hydrogen (secondary N) is 1. The largest absolute Gasteiger partial charge is 0.383 e. The van der Waals surface area contributed by atoms with Crippen molar-refractivity contribution in [2.75, 3.05) is 11.1 Å². The van der Waals surface area contributed by atoms with Crippen LogP contribution in [-0.2, 0) is 14.8 Å². The second-order valence-corrected chi connectivity index (χ2v) is 8.65. The van der Waals surface area contributed by atoms with Gasteiger partial charge >= 0.3 is 0 Å². The van der Waals surface area contributed by atoms with Crippen LogP contribution in [-0.4, -0.2) is 19.3 Å². The summed E-state index contributed by atoms with van der Waals surface area (Å²) in [5.74, 6) is 0.133. The Morgan fingerprint density at radius 3 is 2.47 bits per heavy atom. The van der Waals surface area contributed by atoms with Crippen LogP contribution in [0.5, 0.6) is 0 Å². The number of rotatable bonds is 5. The Morgan fingerprint density at radius 2 is 1.72 bits per heavy atom. The van der Waals surface area contributed by atoms with E-state index in [9.17, 15) is 13.2 Å². The van der Waals surface area contributed by atoms with Gasteiger partial charge in [-0.1, -0.05) is 42.5 Å². The highest BCUT2D eigenvalue weighted by molar-refractivity contribution is 7.89. The zero-order valence-corrected chi connectivity index (χ0v) is 17.7. The third-order valence-corrected chi connectivity index (χ3v) is 5.87. The molecule has 0 aliphatic heterocycles. The number of carbonyl (C=O) groups is 1. The number of nitrogens with zero attached hydrogens (tertiary/aromatic N) is 1. The first-order chi connectivity index (χ1) is 15.3. The molecule has 1 heterocycles. The lowest BCUT2D eigenvalue weighted by molar-refractivity contribution is -0.111. The summed E-state index contributed by atoms with van der Waals surface area (Å²) in [5.41, 5.74) is 8.48. The fourth-order valence-electron chi connectivity index (χ4n) is 3.35. The van der Waals surface area contributed by atoms with Crippen LogP contribution in [0.15, 0.2) is 90.0 Å².